The third-order valence-electron chi connectivity index (χ3n) is 2.91. The van der Waals surface area contributed by atoms with Gasteiger partial charge in [-0.15, -0.1) is 16.4 Å². The summed E-state index contributed by atoms with van der Waals surface area (Å²) in [7, 11) is 0. The lowest BCUT2D eigenvalue weighted by Gasteiger charge is -2.04. The molecule has 23 heavy (non-hydrogen) atoms. The fourth-order valence-electron chi connectivity index (χ4n) is 1.88. The monoisotopic (exact) mass is 368 g/mol. The molecule has 0 saturated carbocycles. The van der Waals surface area contributed by atoms with Gasteiger partial charge in [-0.3, -0.25) is 4.79 Å². The Labute approximate surface area is 145 Å². The zero-order chi connectivity index (χ0) is 16.2. The molecule has 7 nitrogen and oxygen atoms in total. The highest BCUT2D eigenvalue weighted by molar-refractivity contribution is 7.15. The Kier molecular flexibility index (Phi) is 4.85. The maximum atomic E-state index is 11.9. The molecule has 3 aromatic rings. The van der Waals surface area contributed by atoms with E-state index < -0.39 is 0 Å². The van der Waals surface area contributed by atoms with Crippen LogP contribution in [-0.2, 0) is 17.8 Å². The number of nitrogens with zero attached hydrogens (tertiary/aromatic N) is 5. The minimum Gasteiger partial charge on any atom is -0.300 e. The van der Waals surface area contributed by atoms with E-state index in [9.17, 15) is 4.79 Å². The number of amides is 1. The van der Waals surface area contributed by atoms with Crippen LogP contribution in [0.25, 0.3) is 0 Å². The summed E-state index contributed by atoms with van der Waals surface area (Å²) in [5, 5.41) is 15.0. The second-order valence-corrected chi connectivity index (χ2v) is 6.49. The highest BCUT2D eigenvalue weighted by Crippen LogP contribution is 2.29. The molecule has 0 aliphatic carbocycles. The van der Waals surface area contributed by atoms with Gasteiger partial charge in [-0.05, 0) is 28.1 Å². The van der Waals surface area contributed by atoms with Crippen molar-refractivity contribution >= 4 is 45.6 Å². The molecule has 0 aliphatic rings. The molecule has 0 aliphatic heterocycles. The van der Waals surface area contributed by atoms with Crippen LogP contribution in [-0.4, -0.2) is 31.1 Å². The van der Waals surface area contributed by atoms with E-state index in [4.69, 9.17) is 23.2 Å². The molecule has 0 bridgehead atoms. The van der Waals surface area contributed by atoms with Crippen molar-refractivity contribution in [3.63, 3.8) is 0 Å². The Morgan fingerprint density at radius 2 is 2.09 bits per heavy atom. The van der Waals surface area contributed by atoms with Crippen LogP contribution in [0.5, 0.6) is 0 Å². The first-order valence-corrected chi connectivity index (χ1v) is 8.07. The maximum Gasteiger partial charge on any atom is 0.248 e. The molecule has 0 radical (unpaired) electrons. The van der Waals surface area contributed by atoms with Gasteiger partial charge in [0.1, 0.15) is 12.9 Å². The first kappa shape index (κ1) is 15.9. The van der Waals surface area contributed by atoms with Gasteiger partial charge in [0.05, 0.1) is 0 Å². The van der Waals surface area contributed by atoms with Crippen molar-refractivity contribution in [2.75, 3.05) is 5.32 Å². The fraction of sp³-hybridized carbons (Fsp3) is 0.154. The Morgan fingerprint density at radius 3 is 2.78 bits per heavy atom. The number of halogens is 2. The summed E-state index contributed by atoms with van der Waals surface area (Å²) >= 11 is 13.7. The van der Waals surface area contributed by atoms with Gasteiger partial charge in [-0.1, -0.05) is 29.3 Å². The smallest absolute Gasteiger partial charge is 0.248 e. The normalized spacial score (nSPS) is 10.7. The minimum absolute atomic E-state index is 0.0260. The van der Waals surface area contributed by atoms with Crippen LogP contribution < -0.4 is 5.32 Å². The second kappa shape index (κ2) is 7.03. The van der Waals surface area contributed by atoms with Crippen LogP contribution in [0.4, 0.5) is 5.13 Å². The van der Waals surface area contributed by atoms with E-state index in [0.29, 0.717) is 21.6 Å². The Hall–Kier alpha value is -2.03. The first-order chi connectivity index (χ1) is 11.1. The fourth-order valence-corrected chi connectivity index (χ4v) is 3.25. The number of hydrogen-bond donors (Lipinski definition) is 1. The van der Waals surface area contributed by atoms with Crippen LogP contribution in [0.1, 0.15) is 10.4 Å². The van der Waals surface area contributed by atoms with E-state index in [-0.39, 0.29) is 12.5 Å². The molecule has 1 N–H and O–H groups in total. The molecule has 0 saturated heterocycles. The van der Waals surface area contributed by atoms with Crippen molar-refractivity contribution in [3.05, 3.63) is 51.2 Å². The van der Waals surface area contributed by atoms with Crippen molar-refractivity contribution in [2.45, 2.75) is 13.0 Å². The van der Waals surface area contributed by atoms with Gasteiger partial charge in [-0.2, -0.15) is 0 Å². The van der Waals surface area contributed by atoms with E-state index in [1.807, 2.05) is 0 Å². The first-order valence-electron chi connectivity index (χ1n) is 6.50. The van der Waals surface area contributed by atoms with Crippen molar-refractivity contribution in [3.8, 4) is 0 Å². The third kappa shape index (κ3) is 4.04. The Balaban J connectivity index is 1.65. The predicted molar refractivity (Wildman–Crippen MR) is 87.8 cm³/mol. The standard InChI is InChI=1S/C13H10Cl2N6OS/c14-10-2-1-3-11(15)9(10)4-8-5-16-13(23-8)18-12(22)6-21-7-17-19-20-21/h1-3,5,7H,4,6H2,(H,16,18,22). The van der Waals surface area contributed by atoms with Crippen molar-refractivity contribution in [2.24, 2.45) is 0 Å². The number of carbonyl (C=O) groups excluding carboxylic acids is 1. The number of hydrogen-bond acceptors (Lipinski definition) is 6. The van der Waals surface area contributed by atoms with Gasteiger partial charge in [0.2, 0.25) is 5.91 Å². The molecule has 118 valence electrons. The molecule has 1 amide bonds. The molecule has 1 aromatic carbocycles. The summed E-state index contributed by atoms with van der Waals surface area (Å²) in [6.07, 6.45) is 3.61. The third-order valence-corrected chi connectivity index (χ3v) is 4.53. The highest BCUT2D eigenvalue weighted by atomic mass is 35.5. The number of tetrazole rings is 1. The number of thiazole rings is 1. The zero-order valence-electron chi connectivity index (χ0n) is 11.6. The Bertz CT molecular complexity index is 799. The summed E-state index contributed by atoms with van der Waals surface area (Å²) in [6.45, 7) is 0.0260. The van der Waals surface area contributed by atoms with E-state index in [1.54, 1.807) is 24.4 Å². The van der Waals surface area contributed by atoms with E-state index >= 15 is 0 Å². The summed E-state index contributed by atoms with van der Waals surface area (Å²) in [6, 6.07) is 5.38. The minimum atomic E-state index is -0.256. The van der Waals surface area contributed by atoms with Gasteiger partial charge in [0, 0.05) is 27.5 Å². The van der Waals surface area contributed by atoms with Gasteiger partial charge in [0.25, 0.3) is 0 Å². The van der Waals surface area contributed by atoms with E-state index in [2.05, 4.69) is 25.8 Å². The summed E-state index contributed by atoms with van der Waals surface area (Å²) in [5.74, 6) is -0.256. The lowest BCUT2D eigenvalue weighted by Crippen LogP contribution is -2.18. The average molecular weight is 369 g/mol. The van der Waals surface area contributed by atoms with Crippen molar-refractivity contribution in [1.29, 1.82) is 0 Å². The van der Waals surface area contributed by atoms with Crippen molar-refractivity contribution in [1.82, 2.24) is 25.2 Å². The molecule has 2 aromatic heterocycles. The number of aromatic nitrogens is 5. The molecule has 0 fully saturated rings. The van der Waals surface area contributed by atoms with Gasteiger partial charge in [0.15, 0.2) is 5.13 Å². The lowest BCUT2D eigenvalue weighted by atomic mass is 10.1. The van der Waals surface area contributed by atoms with Crippen LogP contribution in [0, 0.1) is 0 Å². The van der Waals surface area contributed by atoms with Gasteiger partial charge < -0.3 is 5.32 Å². The maximum absolute atomic E-state index is 11.9. The van der Waals surface area contributed by atoms with Crippen LogP contribution >= 0.6 is 34.5 Å². The number of carbonyl (C=O) groups is 1. The second-order valence-electron chi connectivity index (χ2n) is 4.56. The molecule has 3 rings (SSSR count). The molecular weight excluding hydrogens is 359 g/mol. The Morgan fingerprint density at radius 1 is 1.30 bits per heavy atom. The molecular formula is C13H10Cl2N6OS. The summed E-state index contributed by atoms with van der Waals surface area (Å²) in [5.41, 5.74) is 0.839. The summed E-state index contributed by atoms with van der Waals surface area (Å²) in [4.78, 5) is 17.0. The SMILES string of the molecule is O=C(Cn1cnnn1)Nc1ncc(Cc2c(Cl)cccc2Cl)s1. The lowest BCUT2D eigenvalue weighted by molar-refractivity contribution is -0.116. The predicted octanol–water partition coefficient (Wildman–Crippen LogP) is 2.67. The molecule has 0 unspecified atom stereocenters. The number of rotatable bonds is 5. The number of benzene rings is 1. The quantitative estimate of drug-likeness (QED) is 0.747. The van der Waals surface area contributed by atoms with Crippen LogP contribution in [0.15, 0.2) is 30.7 Å². The van der Waals surface area contributed by atoms with Crippen molar-refractivity contribution < 1.29 is 4.79 Å². The highest BCUT2D eigenvalue weighted by Gasteiger charge is 2.11. The van der Waals surface area contributed by atoms with Crippen LogP contribution in [0.3, 0.4) is 0 Å². The van der Waals surface area contributed by atoms with Gasteiger partial charge in [-0.25, -0.2) is 9.67 Å². The van der Waals surface area contributed by atoms with Gasteiger partial charge >= 0.3 is 0 Å². The zero-order valence-corrected chi connectivity index (χ0v) is 13.9. The van der Waals surface area contributed by atoms with E-state index in [1.165, 1.54) is 22.3 Å². The van der Waals surface area contributed by atoms with Crippen LogP contribution in [0.2, 0.25) is 10.0 Å². The number of nitrogens with one attached hydrogen (secondary N) is 1. The molecule has 0 spiro atoms. The molecule has 2 heterocycles. The molecule has 0 atom stereocenters. The largest absolute Gasteiger partial charge is 0.300 e. The topological polar surface area (TPSA) is 85.6 Å². The summed E-state index contributed by atoms with van der Waals surface area (Å²) < 4.78 is 1.33. The average Bonchev–Trinajstić information content (AvgIpc) is 3.15. The number of anilines is 1. The molecule has 10 heteroatoms. The van der Waals surface area contributed by atoms with E-state index in [0.717, 1.165) is 10.4 Å².